The molecule has 0 radical (unpaired) electrons. The third-order valence-corrected chi connectivity index (χ3v) is 4.67. The van der Waals surface area contributed by atoms with E-state index >= 15 is 0 Å². The van der Waals surface area contributed by atoms with E-state index in [0.717, 1.165) is 44.4 Å². The van der Waals surface area contributed by atoms with Crippen LogP contribution in [0.1, 0.15) is 25.0 Å². The standard InChI is InChI=1S/C19H31FN4O/c1-14(2)18(24-7-9-25-10-8-24)13-23-19(21-4)22-12-16-5-6-17(20)15(3)11-16/h5-6,11,14,18H,7-10,12-13H2,1-4H3,(H2,21,22,23). The molecular weight excluding hydrogens is 319 g/mol. The lowest BCUT2D eigenvalue weighted by Gasteiger charge is -2.37. The van der Waals surface area contributed by atoms with Crippen molar-refractivity contribution in [2.24, 2.45) is 10.9 Å². The summed E-state index contributed by atoms with van der Waals surface area (Å²) in [7, 11) is 1.77. The molecule has 0 aliphatic carbocycles. The van der Waals surface area contributed by atoms with E-state index in [4.69, 9.17) is 4.74 Å². The minimum absolute atomic E-state index is 0.170. The predicted octanol–water partition coefficient (Wildman–Crippen LogP) is 2.16. The third kappa shape index (κ3) is 5.97. The first-order valence-corrected chi connectivity index (χ1v) is 9.02. The van der Waals surface area contributed by atoms with Crippen LogP contribution >= 0.6 is 0 Å². The lowest BCUT2D eigenvalue weighted by Crippen LogP contribution is -2.52. The molecule has 1 aromatic carbocycles. The maximum absolute atomic E-state index is 13.4. The molecular formula is C19H31FN4O. The molecule has 0 aromatic heterocycles. The van der Waals surface area contributed by atoms with E-state index in [-0.39, 0.29) is 5.82 Å². The Morgan fingerprint density at radius 3 is 2.60 bits per heavy atom. The number of hydrogen-bond acceptors (Lipinski definition) is 3. The Kier molecular flexibility index (Phi) is 7.65. The first-order valence-electron chi connectivity index (χ1n) is 9.02. The Bertz CT molecular complexity index is 571. The van der Waals surface area contributed by atoms with Crippen LogP contribution < -0.4 is 10.6 Å². The van der Waals surface area contributed by atoms with Crippen LogP contribution in [-0.2, 0) is 11.3 Å². The summed E-state index contributed by atoms with van der Waals surface area (Å²) in [6.45, 7) is 11.3. The maximum atomic E-state index is 13.4. The molecule has 1 fully saturated rings. The molecule has 1 aliphatic rings. The number of nitrogens with zero attached hydrogens (tertiary/aromatic N) is 2. The van der Waals surface area contributed by atoms with Gasteiger partial charge in [-0.1, -0.05) is 26.0 Å². The number of aryl methyl sites for hydroxylation is 1. The summed E-state index contributed by atoms with van der Waals surface area (Å²) in [5.41, 5.74) is 1.70. The maximum Gasteiger partial charge on any atom is 0.191 e. The number of rotatable bonds is 6. The zero-order chi connectivity index (χ0) is 18.2. The average molecular weight is 350 g/mol. The van der Waals surface area contributed by atoms with Crippen LogP contribution in [0.4, 0.5) is 4.39 Å². The molecule has 0 spiro atoms. The number of hydrogen-bond donors (Lipinski definition) is 2. The van der Waals surface area contributed by atoms with Crippen molar-refractivity contribution in [3.8, 4) is 0 Å². The highest BCUT2D eigenvalue weighted by molar-refractivity contribution is 5.79. The van der Waals surface area contributed by atoms with Crippen LogP contribution in [0.3, 0.4) is 0 Å². The number of nitrogens with one attached hydrogen (secondary N) is 2. The Balaban J connectivity index is 1.86. The van der Waals surface area contributed by atoms with Crippen LogP contribution in [0.5, 0.6) is 0 Å². The molecule has 2 N–H and O–H groups in total. The highest BCUT2D eigenvalue weighted by atomic mass is 19.1. The fraction of sp³-hybridized carbons (Fsp3) is 0.632. The van der Waals surface area contributed by atoms with Gasteiger partial charge in [-0.3, -0.25) is 9.89 Å². The van der Waals surface area contributed by atoms with E-state index in [9.17, 15) is 4.39 Å². The minimum atomic E-state index is -0.170. The number of halogens is 1. The van der Waals surface area contributed by atoms with Gasteiger partial charge >= 0.3 is 0 Å². The number of ether oxygens (including phenoxy) is 1. The van der Waals surface area contributed by atoms with Crippen molar-refractivity contribution < 1.29 is 9.13 Å². The monoisotopic (exact) mass is 350 g/mol. The molecule has 2 rings (SSSR count). The van der Waals surface area contributed by atoms with Crippen molar-refractivity contribution in [2.75, 3.05) is 39.9 Å². The van der Waals surface area contributed by atoms with Crippen LogP contribution in [0.25, 0.3) is 0 Å². The van der Waals surface area contributed by atoms with Crippen molar-refractivity contribution in [1.82, 2.24) is 15.5 Å². The van der Waals surface area contributed by atoms with Crippen LogP contribution in [0, 0.1) is 18.7 Å². The van der Waals surface area contributed by atoms with Gasteiger partial charge in [-0.2, -0.15) is 0 Å². The molecule has 0 saturated carbocycles. The van der Waals surface area contributed by atoms with Gasteiger partial charge in [0.25, 0.3) is 0 Å². The number of aliphatic imine (C=N–C) groups is 1. The van der Waals surface area contributed by atoms with Gasteiger partial charge in [0.1, 0.15) is 5.82 Å². The fourth-order valence-corrected chi connectivity index (χ4v) is 3.12. The van der Waals surface area contributed by atoms with Gasteiger partial charge in [-0.15, -0.1) is 0 Å². The van der Waals surface area contributed by atoms with Crippen LogP contribution in [-0.4, -0.2) is 56.8 Å². The Morgan fingerprint density at radius 1 is 1.28 bits per heavy atom. The third-order valence-electron chi connectivity index (χ3n) is 4.67. The van der Waals surface area contributed by atoms with Gasteiger partial charge in [0.15, 0.2) is 5.96 Å². The minimum Gasteiger partial charge on any atom is -0.379 e. The number of guanidine groups is 1. The largest absolute Gasteiger partial charge is 0.379 e. The molecule has 1 heterocycles. The topological polar surface area (TPSA) is 48.9 Å². The smallest absolute Gasteiger partial charge is 0.191 e. The summed E-state index contributed by atoms with van der Waals surface area (Å²) in [5.74, 6) is 1.14. The van der Waals surface area contributed by atoms with Gasteiger partial charge in [0, 0.05) is 39.3 Å². The van der Waals surface area contributed by atoms with Gasteiger partial charge in [-0.25, -0.2) is 4.39 Å². The quantitative estimate of drug-likeness (QED) is 0.610. The normalized spacial score (nSPS) is 17.6. The second kappa shape index (κ2) is 9.73. The first kappa shape index (κ1) is 19.7. The second-order valence-corrected chi connectivity index (χ2v) is 6.85. The molecule has 25 heavy (non-hydrogen) atoms. The summed E-state index contributed by atoms with van der Waals surface area (Å²) in [4.78, 5) is 6.78. The Labute approximate surface area is 150 Å². The van der Waals surface area contributed by atoms with Crippen molar-refractivity contribution >= 4 is 5.96 Å². The molecule has 1 aromatic rings. The summed E-state index contributed by atoms with van der Waals surface area (Å²) in [6.07, 6.45) is 0. The average Bonchev–Trinajstić information content (AvgIpc) is 2.61. The summed E-state index contributed by atoms with van der Waals surface area (Å²) in [6, 6.07) is 5.61. The van der Waals surface area contributed by atoms with Crippen molar-refractivity contribution in [3.63, 3.8) is 0 Å². The van der Waals surface area contributed by atoms with Crippen LogP contribution in [0.2, 0.25) is 0 Å². The molecule has 1 saturated heterocycles. The summed E-state index contributed by atoms with van der Waals surface area (Å²) < 4.78 is 18.8. The lowest BCUT2D eigenvalue weighted by atomic mass is 10.0. The molecule has 140 valence electrons. The first-order chi connectivity index (χ1) is 12.0. The number of morpholine rings is 1. The molecule has 0 bridgehead atoms. The fourth-order valence-electron chi connectivity index (χ4n) is 3.12. The predicted molar refractivity (Wildman–Crippen MR) is 100 cm³/mol. The van der Waals surface area contributed by atoms with Gasteiger partial charge in [0.2, 0.25) is 0 Å². The molecule has 0 amide bonds. The van der Waals surface area contributed by atoms with Gasteiger partial charge < -0.3 is 15.4 Å². The lowest BCUT2D eigenvalue weighted by molar-refractivity contribution is 0.00752. The molecule has 6 heteroatoms. The van der Waals surface area contributed by atoms with E-state index < -0.39 is 0 Å². The van der Waals surface area contributed by atoms with E-state index in [0.29, 0.717) is 24.1 Å². The summed E-state index contributed by atoms with van der Waals surface area (Å²) in [5, 5.41) is 6.73. The van der Waals surface area contributed by atoms with Crippen molar-refractivity contribution in [1.29, 1.82) is 0 Å². The SMILES string of the molecule is CN=C(NCc1ccc(F)c(C)c1)NCC(C(C)C)N1CCOCC1. The molecule has 1 unspecified atom stereocenters. The number of benzene rings is 1. The van der Waals surface area contributed by atoms with Gasteiger partial charge in [-0.05, 0) is 30.0 Å². The summed E-state index contributed by atoms with van der Waals surface area (Å²) >= 11 is 0. The van der Waals surface area contributed by atoms with Crippen molar-refractivity contribution in [3.05, 3.63) is 35.1 Å². The van der Waals surface area contributed by atoms with E-state index in [2.05, 4.69) is 34.4 Å². The highest BCUT2D eigenvalue weighted by Crippen LogP contribution is 2.12. The van der Waals surface area contributed by atoms with E-state index in [1.54, 1.807) is 20.0 Å². The van der Waals surface area contributed by atoms with Crippen molar-refractivity contribution in [2.45, 2.75) is 33.4 Å². The Morgan fingerprint density at radius 2 is 2.00 bits per heavy atom. The highest BCUT2D eigenvalue weighted by Gasteiger charge is 2.23. The zero-order valence-electron chi connectivity index (χ0n) is 15.8. The Hall–Kier alpha value is -1.66. The molecule has 1 aliphatic heterocycles. The van der Waals surface area contributed by atoms with Crippen LogP contribution in [0.15, 0.2) is 23.2 Å². The molecule has 1 atom stereocenters. The zero-order valence-corrected chi connectivity index (χ0v) is 15.8. The van der Waals surface area contributed by atoms with Gasteiger partial charge in [0.05, 0.1) is 13.2 Å². The second-order valence-electron chi connectivity index (χ2n) is 6.85. The van der Waals surface area contributed by atoms with E-state index in [1.165, 1.54) is 6.07 Å². The van der Waals surface area contributed by atoms with E-state index in [1.807, 2.05) is 6.07 Å². The molecule has 5 nitrogen and oxygen atoms in total.